The highest BCUT2D eigenvalue weighted by molar-refractivity contribution is 5.96. The molecular formula is C29H32N4O3. The molecule has 2 aliphatic heterocycles. The van der Waals surface area contributed by atoms with Gasteiger partial charge in [-0.2, -0.15) is 0 Å². The maximum Gasteiger partial charge on any atom is 0.325 e. The van der Waals surface area contributed by atoms with Gasteiger partial charge in [0.25, 0.3) is 0 Å². The number of hydrogen-bond acceptors (Lipinski definition) is 4. The van der Waals surface area contributed by atoms with E-state index in [-0.39, 0.29) is 24.5 Å². The second-order valence-corrected chi connectivity index (χ2v) is 9.19. The van der Waals surface area contributed by atoms with Crippen molar-refractivity contribution in [2.75, 3.05) is 57.8 Å². The zero-order chi connectivity index (χ0) is 24.9. The Morgan fingerprint density at radius 1 is 0.778 bits per heavy atom. The Morgan fingerprint density at radius 2 is 1.36 bits per heavy atom. The first-order valence-corrected chi connectivity index (χ1v) is 12.5. The van der Waals surface area contributed by atoms with Crippen molar-refractivity contribution in [3.05, 3.63) is 96.1 Å². The molecule has 0 aromatic heterocycles. The van der Waals surface area contributed by atoms with Crippen LogP contribution < -0.4 is 9.64 Å². The average molecular weight is 485 g/mol. The molecule has 0 unspecified atom stereocenters. The summed E-state index contributed by atoms with van der Waals surface area (Å²) in [5.41, 5.74) is 3.33. The topological polar surface area (TPSA) is 56.3 Å². The summed E-state index contributed by atoms with van der Waals surface area (Å²) in [5, 5.41) is 0. The maximum absolute atomic E-state index is 13.1. The van der Waals surface area contributed by atoms with E-state index in [1.807, 2.05) is 41.3 Å². The second-order valence-electron chi connectivity index (χ2n) is 9.19. The second kappa shape index (κ2) is 10.8. The average Bonchev–Trinajstić information content (AvgIpc) is 3.30. The lowest BCUT2D eigenvalue weighted by molar-refractivity contribution is -0.133. The molecule has 7 nitrogen and oxygen atoms in total. The third-order valence-corrected chi connectivity index (χ3v) is 7.07. The van der Waals surface area contributed by atoms with Crippen LogP contribution in [0, 0.1) is 0 Å². The van der Waals surface area contributed by atoms with Crippen molar-refractivity contribution in [3.8, 4) is 5.75 Å². The smallest absolute Gasteiger partial charge is 0.325 e. The third-order valence-electron chi connectivity index (χ3n) is 7.07. The van der Waals surface area contributed by atoms with Gasteiger partial charge >= 0.3 is 6.03 Å². The van der Waals surface area contributed by atoms with E-state index in [0.29, 0.717) is 26.2 Å². The highest BCUT2D eigenvalue weighted by Crippen LogP contribution is 2.29. The molecule has 3 aromatic rings. The van der Waals surface area contributed by atoms with Crippen LogP contribution in [0.1, 0.15) is 17.2 Å². The van der Waals surface area contributed by atoms with Crippen LogP contribution in [0.3, 0.4) is 0 Å². The van der Waals surface area contributed by atoms with Crippen LogP contribution in [0.15, 0.2) is 84.9 Å². The number of methoxy groups -OCH3 is 1. The lowest BCUT2D eigenvalue weighted by Crippen LogP contribution is -2.52. The Kier molecular flexibility index (Phi) is 7.18. The Bertz CT molecular complexity index is 1120. The highest BCUT2D eigenvalue weighted by Gasteiger charge is 2.33. The van der Waals surface area contributed by atoms with Gasteiger partial charge in [0, 0.05) is 45.0 Å². The summed E-state index contributed by atoms with van der Waals surface area (Å²) in [5.74, 6) is 0.758. The number of urea groups is 1. The third kappa shape index (κ3) is 5.06. The van der Waals surface area contributed by atoms with Gasteiger partial charge in [-0.25, -0.2) is 4.79 Å². The van der Waals surface area contributed by atoms with Crippen molar-refractivity contribution in [2.45, 2.75) is 6.04 Å². The highest BCUT2D eigenvalue weighted by atomic mass is 16.5. The number of anilines is 1. The zero-order valence-corrected chi connectivity index (χ0v) is 20.6. The molecule has 7 heteroatoms. The molecule has 2 fully saturated rings. The molecule has 0 radical (unpaired) electrons. The van der Waals surface area contributed by atoms with Crippen LogP contribution in [0.4, 0.5) is 10.5 Å². The van der Waals surface area contributed by atoms with Gasteiger partial charge in [-0.1, -0.05) is 60.7 Å². The van der Waals surface area contributed by atoms with E-state index in [9.17, 15) is 9.59 Å². The maximum atomic E-state index is 13.1. The lowest BCUT2D eigenvalue weighted by Gasteiger charge is -2.40. The van der Waals surface area contributed by atoms with Crippen LogP contribution in [-0.4, -0.2) is 79.6 Å². The summed E-state index contributed by atoms with van der Waals surface area (Å²) in [6.07, 6.45) is 0. The number of piperazine rings is 1. The van der Waals surface area contributed by atoms with Gasteiger partial charge in [0.2, 0.25) is 5.91 Å². The van der Waals surface area contributed by atoms with E-state index in [1.165, 1.54) is 11.1 Å². The number of hydrogen-bond donors (Lipinski definition) is 0. The number of ether oxygens (including phenoxy) is 1. The van der Waals surface area contributed by atoms with Gasteiger partial charge in [0.15, 0.2) is 0 Å². The predicted molar refractivity (Wildman–Crippen MR) is 140 cm³/mol. The van der Waals surface area contributed by atoms with Crippen LogP contribution in [-0.2, 0) is 4.79 Å². The first-order valence-electron chi connectivity index (χ1n) is 12.5. The summed E-state index contributed by atoms with van der Waals surface area (Å²) >= 11 is 0. The van der Waals surface area contributed by atoms with E-state index >= 15 is 0 Å². The van der Waals surface area contributed by atoms with E-state index in [1.54, 1.807) is 16.9 Å². The zero-order valence-electron chi connectivity index (χ0n) is 20.6. The standard InChI is InChI=1S/C29H32N4O3/c1-36-26-14-12-25(13-15-26)33-21-20-32(29(33)35)22-27(34)30-16-18-31(19-17-30)28(23-8-4-2-5-9-23)24-10-6-3-7-11-24/h2-15,28H,16-22H2,1H3. The number of carbonyl (C=O) groups excluding carboxylic acids is 2. The molecule has 0 atom stereocenters. The Balaban J connectivity index is 1.19. The molecule has 0 N–H and O–H groups in total. The molecule has 0 saturated carbocycles. The van der Waals surface area contributed by atoms with Gasteiger partial charge < -0.3 is 14.5 Å². The molecule has 2 heterocycles. The Labute approximate surface area is 212 Å². The number of benzene rings is 3. The van der Waals surface area contributed by atoms with E-state index in [0.717, 1.165) is 24.5 Å². The van der Waals surface area contributed by atoms with Gasteiger partial charge in [-0.3, -0.25) is 14.6 Å². The summed E-state index contributed by atoms with van der Waals surface area (Å²) in [7, 11) is 1.62. The number of nitrogens with zero attached hydrogens (tertiary/aromatic N) is 4. The molecule has 2 aliphatic rings. The molecule has 0 bridgehead atoms. The van der Waals surface area contributed by atoms with Crippen molar-refractivity contribution in [3.63, 3.8) is 0 Å². The van der Waals surface area contributed by atoms with E-state index in [2.05, 4.69) is 53.4 Å². The molecule has 2 saturated heterocycles. The number of rotatable bonds is 7. The van der Waals surface area contributed by atoms with Crippen LogP contribution in [0.5, 0.6) is 5.75 Å². The van der Waals surface area contributed by atoms with Crippen molar-refractivity contribution in [2.24, 2.45) is 0 Å². The fourth-order valence-electron chi connectivity index (χ4n) is 5.11. The van der Waals surface area contributed by atoms with E-state index in [4.69, 9.17) is 4.74 Å². The molecule has 5 rings (SSSR count). The summed E-state index contributed by atoms with van der Waals surface area (Å²) in [6, 6.07) is 28.5. The normalized spacial score (nSPS) is 16.6. The van der Waals surface area contributed by atoms with Crippen molar-refractivity contribution >= 4 is 17.6 Å². The van der Waals surface area contributed by atoms with Gasteiger partial charge in [-0.05, 0) is 35.4 Å². The molecular weight excluding hydrogens is 452 g/mol. The molecule has 186 valence electrons. The van der Waals surface area contributed by atoms with Crippen molar-refractivity contribution in [1.82, 2.24) is 14.7 Å². The first-order chi connectivity index (χ1) is 17.6. The van der Waals surface area contributed by atoms with Crippen molar-refractivity contribution in [1.29, 1.82) is 0 Å². The monoisotopic (exact) mass is 484 g/mol. The minimum atomic E-state index is -0.125. The predicted octanol–water partition coefficient (Wildman–Crippen LogP) is 3.87. The summed E-state index contributed by atoms with van der Waals surface area (Å²) in [6.45, 7) is 4.10. The molecule has 0 aliphatic carbocycles. The number of carbonyl (C=O) groups is 2. The first kappa shape index (κ1) is 23.9. The van der Waals surface area contributed by atoms with Gasteiger partial charge in [-0.15, -0.1) is 0 Å². The summed E-state index contributed by atoms with van der Waals surface area (Å²) < 4.78 is 5.20. The van der Waals surface area contributed by atoms with Gasteiger partial charge in [0.1, 0.15) is 12.3 Å². The fourth-order valence-corrected chi connectivity index (χ4v) is 5.11. The van der Waals surface area contributed by atoms with Crippen molar-refractivity contribution < 1.29 is 14.3 Å². The minimum Gasteiger partial charge on any atom is -0.497 e. The van der Waals surface area contributed by atoms with Gasteiger partial charge in [0.05, 0.1) is 13.2 Å². The Hall–Kier alpha value is -3.84. The SMILES string of the molecule is COc1ccc(N2CCN(CC(=O)N3CCN(C(c4ccccc4)c4ccccc4)CC3)C2=O)cc1. The largest absolute Gasteiger partial charge is 0.497 e. The van der Waals surface area contributed by atoms with Crippen LogP contribution in [0.2, 0.25) is 0 Å². The Morgan fingerprint density at radius 3 is 1.92 bits per heavy atom. The molecule has 36 heavy (non-hydrogen) atoms. The quantitative estimate of drug-likeness (QED) is 0.511. The molecule has 0 spiro atoms. The fraction of sp³-hybridized carbons (Fsp3) is 0.310. The summed E-state index contributed by atoms with van der Waals surface area (Å²) in [4.78, 5) is 33.8. The number of amides is 3. The minimum absolute atomic E-state index is 0.00977. The molecule has 3 amide bonds. The van der Waals surface area contributed by atoms with E-state index < -0.39 is 0 Å². The van der Waals surface area contributed by atoms with Crippen LogP contribution >= 0.6 is 0 Å². The van der Waals surface area contributed by atoms with Crippen LogP contribution in [0.25, 0.3) is 0 Å². The lowest BCUT2D eigenvalue weighted by atomic mass is 9.96. The molecule has 3 aromatic carbocycles.